The van der Waals surface area contributed by atoms with Gasteiger partial charge in [0, 0.05) is 35.8 Å². The molecule has 0 atom stereocenters. The van der Waals surface area contributed by atoms with Gasteiger partial charge in [-0.15, -0.1) is 0 Å². The molecule has 0 saturated heterocycles. The smallest absolute Gasteiger partial charge is 0.212 e. The average Bonchev–Trinajstić information content (AvgIpc) is 2.91. The van der Waals surface area contributed by atoms with Crippen LogP contribution in [0.2, 0.25) is 0 Å². The third-order valence-electron chi connectivity index (χ3n) is 5.88. The zero-order valence-electron chi connectivity index (χ0n) is 21.3. The summed E-state index contributed by atoms with van der Waals surface area (Å²) in [6.07, 6.45) is 4.15. The van der Waals surface area contributed by atoms with E-state index in [0.29, 0.717) is 70.9 Å². The van der Waals surface area contributed by atoms with Gasteiger partial charge >= 0.3 is 0 Å². The van der Waals surface area contributed by atoms with E-state index < -0.39 is 15.9 Å². The summed E-state index contributed by atoms with van der Waals surface area (Å²) in [4.78, 5) is 0. The van der Waals surface area contributed by atoms with Crippen molar-refractivity contribution in [3.63, 3.8) is 0 Å². The highest BCUT2D eigenvalue weighted by Gasteiger charge is 2.14. The zero-order chi connectivity index (χ0) is 26.6. The van der Waals surface area contributed by atoms with Crippen molar-refractivity contribution < 1.29 is 41.2 Å². The first kappa shape index (κ1) is 28.0. The molecule has 38 heavy (non-hydrogen) atoms. The topological polar surface area (TPSA) is 107 Å². The van der Waals surface area contributed by atoms with Crippen molar-refractivity contribution in [1.29, 1.82) is 0 Å². The zero-order valence-corrected chi connectivity index (χ0v) is 22.1. The molecular formula is C28H33NO8S. The predicted molar refractivity (Wildman–Crippen MR) is 142 cm³/mol. The first-order valence-corrected chi connectivity index (χ1v) is 14.2. The van der Waals surface area contributed by atoms with Crippen LogP contribution in [0.4, 0.5) is 0 Å². The molecule has 1 aliphatic heterocycles. The molecule has 1 aliphatic rings. The van der Waals surface area contributed by atoms with Crippen molar-refractivity contribution in [3.8, 4) is 11.5 Å². The highest BCUT2D eigenvalue weighted by Crippen LogP contribution is 2.29. The first-order chi connectivity index (χ1) is 18.5. The van der Waals surface area contributed by atoms with E-state index in [2.05, 4.69) is 0 Å². The summed E-state index contributed by atoms with van der Waals surface area (Å²) in [5.41, 5.74) is 2.74. The van der Waals surface area contributed by atoms with Crippen molar-refractivity contribution in [2.45, 2.75) is 13.0 Å². The summed E-state index contributed by atoms with van der Waals surface area (Å²) in [5.74, 6) is 0.821. The number of hydrogen-bond donors (Lipinski definition) is 0. The van der Waals surface area contributed by atoms with Crippen LogP contribution in [0.1, 0.15) is 17.7 Å². The quantitative estimate of drug-likeness (QED) is 0.345. The van der Waals surface area contributed by atoms with Crippen LogP contribution in [0.25, 0.3) is 23.1 Å². The average molecular weight is 544 g/mol. The van der Waals surface area contributed by atoms with E-state index in [1.54, 1.807) is 0 Å². The van der Waals surface area contributed by atoms with Gasteiger partial charge in [-0.05, 0) is 35.9 Å². The SMILES string of the molecule is O=S(=O)([O-])CCC[n+]1c(/C=C/c2ccc3c(c2)OCCOCCOCCOCCO3)ccc2ccccc21. The molecule has 0 bridgehead atoms. The molecule has 0 spiro atoms. The molecule has 0 saturated carbocycles. The number of pyridine rings is 1. The van der Waals surface area contributed by atoms with E-state index in [1.807, 2.05) is 71.3 Å². The Labute approximate surface area is 223 Å². The number of nitrogens with zero attached hydrogens (tertiary/aromatic N) is 1. The largest absolute Gasteiger partial charge is 0.748 e. The molecule has 4 rings (SSSR count). The maximum atomic E-state index is 11.1. The number of aryl methyl sites for hydroxylation is 1. The molecule has 2 heterocycles. The van der Waals surface area contributed by atoms with E-state index in [4.69, 9.17) is 23.7 Å². The maximum absolute atomic E-state index is 11.1. The Morgan fingerprint density at radius 3 is 2.13 bits per heavy atom. The molecule has 9 nitrogen and oxygen atoms in total. The molecular weight excluding hydrogens is 510 g/mol. The van der Waals surface area contributed by atoms with Crippen LogP contribution in [0.15, 0.2) is 54.6 Å². The number of para-hydroxylation sites is 1. The molecule has 0 fully saturated rings. The van der Waals surface area contributed by atoms with Crippen LogP contribution < -0.4 is 14.0 Å². The minimum absolute atomic E-state index is 0.229. The molecule has 0 aliphatic carbocycles. The van der Waals surface area contributed by atoms with Gasteiger partial charge in [-0.25, -0.2) is 8.42 Å². The molecule has 0 N–H and O–H groups in total. The first-order valence-electron chi connectivity index (χ1n) is 12.7. The molecule has 10 heteroatoms. The Bertz CT molecular complexity index is 1330. The van der Waals surface area contributed by atoms with Crippen molar-refractivity contribution in [3.05, 3.63) is 65.9 Å². The Morgan fingerprint density at radius 1 is 0.763 bits per heavy atom. The summed E-state index contributed by atoms with van der Waals surface area (Å²) < 4.78 is 63.8. The van der Waals surface area contributed by atoms with Crippen molar-refractivity contribution >= 4 is 33.2 Å². The molecule has 204 valence electrons. The van der Waals surface area contributed by atoms with Crippen LogP contribution in [0.5, 0.6) is 11.5 Å². The van der Waals surface area contributed by atoms with Gasteiger partial charge in [0.05, 0.1) is 49.8 Å². The fourth-order valence-corrected chi connectivity index (χ4v) is 4.56. The third-order valence-corrected chi connectivity index (χ3v) is 6.67. The number of hydrogen-bond acceptors (Lipinski definition) is 8. The number of ether oxygens (including phenoxy) is 5. The molecule has 1 aromatic heterocycles. The van der Waals surface area contributed by atoms with E-state index in [1.165, 1.54) is 0 Å². The Kier molecular flexibility index (Phi) is 10.5. The number of rotatable bonds is 6. The lowest BCUT2D eigenvalue weighted by molar-refractivity contribution is -0.673. The van der Waals surface area contributed by atoms with Gasteiger partial charge in [0.25, 0.3) is 0 Å². The Hall–Kier alpha value is -3.02. The van der Waals surface area contributed by atoms with Crippen molar-refractivity contribution in [2.75, 3.05) is 58.6 Å². The molecule has 2 aromatic carbocycles. The van der Waals surface area contributed by atoms with Crippen molar-refractivity contribution in [1.82, 2.24) is 0 Å². The second kappa shape index (κ2) is 14.2. The van der Waals surface area contributed by atoms with Gasteiger partial charge in [0.2, 0.25) is 11.2 Å². The van der Waals surface area contributed by atoms with Gasteiger partial charge in [0.15, 0.2) is 18.0 Å². The van der Waals surface area contributed by atoms with E-state index in [9.17, 15) is 13.0 Å². The minimum atomic E-state index is -4.27. The van der Waals surface area contributed by atoms with Gasteiger partial charge in [0.1, 0.15) is 13.2 Å². The van der Waals surface area contributed by atoms with E-state index in [0.717, 1.165) is 22.2 Å². The van der Waals surface area contributed by atoms with Gasteiger partial charge < -0.3 is 28.2 Å². The summed E-state index contributed by atoms with van der Waals surface area (Å²) in [7, 11) is -4.27. The molecule has 0 amide bonds. The predicted octanol–water partition coefficient (Wildman–Crippen LogP) is 3.05. The monoisotopic (exact) mass is 543 g/mol. The van der Waals surface area contributed by atoms with E-state index >= 15 is 0 Å². The molecule has 0 unspecified atom stereocenters. The Morgan fingerprint density at radius 2 is 1.42 bits per heavy atom. The maximum Gasteiger partial charge on any atom is 0.212 e. The van der Waals surface area contributed by atoms with Gasteiger partial charge in [-0.3, -0.25) is 0 Å². The van der Waals surface area contributed by atoms with Gasteiger partial charge in [-0.2, -0.15) is 4.57 Å². The number of benzene rings is 2. The van der Waals surface area contributed by atoms with Gasteiger partial charge in [-0.1, -0.05) is 18.2 Å². The third kappa shape index (κ3) is 8.78. The highest BCUT2D eigenvalue weighted by atomic mass is 32.2. The highest BCUT2D eigenvalue weighted by molar-refractivity contribution is 7.85. The second-order valence-corrected chi connectivity index (χ2v) is 10.2. The summed E-state index contributed by atoms with van der Waals surface area (Å²) >= 11 is 0. The number of fused-ring (bicyclic) bond motifs is 2. The van der Waals surface area contributed by atoms with E-state index in [-0.39, 0.29) is 6.42 Å². The molecule has 0 radical (unpaired) electrons. The lowest BCUT2D eigenvalue weighted by Gasteiger charge is -2.13. The minimum Gasteiger partial charge on any atom is -0.748 e. The second-order valence-electron chi connectivity index (χ2n) is 8.66. The summed E-state index contributed by atoms with van der Waals surface area (Å²) in [6, 6.07) is 17.6. The van der Waals surface area contributed by atoms with Crippen molar-refractivity contribution in [2.24, 2.45) is 0 Å². The van der Waals surface area contributed by atoms with Crippen LogP contribution in [-0.4, -0.2) is 71.6 Å². The number of aromatic nitrogens is 1. The van der Waals surface area contributed by atoms with Crippen LogP contribution >= 0.6 is 0 Å². The fraction of sp³-hybridized carbons (Fsp3) is 0.393. The lowest BCUT2D eigenvalue weighted by atomic mass is 10.1. The van der Waals surface area contributed by atoms with Crippen LogP contribution in [-0.2, 0) is 30.9 Å². The van der Waals surface area contributed by atoms with Crippen LogP contribution in [0, 0.1) is 0 Å². The fourth-order valence-electron chi connectivity index (χ4n) is 4.08. The lowest BCUT2D eigenvalue weighted by Crippen LogP contribution is -2.38. The normalized spacial score (nSPS) is 16.2. The Balaban J connectivity index is 1.54. The molecule has 3 aromatic rings. The standard InChI is InChI=1S/C28H33NO8S/c30-38(31,32)21-3-12-29-25(10-8-24-4-1-2-5-26(24)29)9-6-23-7-11-27-28(22-23)37-20-18-35-16-14-33-13-15-34-17-19-36-27/h1-2,4-11,22H,3,12-21H2/b9-6+. The van der Waals surface area contributed by atoms with Crippen LogP contribution in [0.3, 0.4) is 0 Å². The summed E-state index contributed by atoms with van der Waals surface area (Å²) in [6.45, 7) is 4.03. The summed E-state index contributed by atoms with van der Waals surface area (Å²) in [5, 5.41) is 1.03.